The van der Waals surface area contributed by atoms with Gasteiger partial charge in [0.25, 0.3) is 0 Å². The van der Waals surface area contributed by atoms with Crippen molar-refractivity contribution < 1.29 is 4.42 Å². The summed E-state index contributed by atoms with van der Waals surface area (Å²) in [5.74, 6) is 1.80. The van der Waals surface area contributed by atoms with Crippen molar-refractivity contribution in [2.75, 3.05) is 0 Å². The topological polar surface area (TPSA) is 51.8 Å². The molecule has 4 heteroatoms. The van der Waals surface area contributed by atoms with Crippen LogP contribution in [0.15, 0.2) is 192 Å². The highest BCUT2D eigenvalue weighted by molar-refractivity contribution is 6.13. The zero-order valence-electron chi connectivity index (χ0n) is 28.6. The molecule has 2 heterocycles. The van der Waals surface area contributed by atoms with Crippen molar-refractivity contribution in [1.29, 1.82) is 0 Å². The van der Waals surface area contributed by atoms with E-state index in [1.807, 2.05) is 30.3 Å². The number of nitrogens with zero attached hydrogens (tertiary/aromatic N) is 3. The van der Waals surface area contributed by atoms with Crippen LogP contribution in [-0.4, -0.2) is 15.0 Å². The van der Waals surface area contributed by atoms with Crippen molar-refractivity contribution in [3.8, 4) is 67.5 Å². The fourth-order valence-electron chi connectivity index (χ4n) is 7.25. The van der Waals surface area contributed by atoms with Gasteiger partial charge < -0.3 is 4.42 Å². The Morgan fingerprint density at radius 1 is 0.302 bits per heavy atom. The van der Waals surface area contributed by atoms with Crippen molar-refractivity contribution in [3.63, 3.8) is 0 Å². The second-order valence-corrected chi connectivity index (χ2v) is 13.3. The van der Waals surface area contributed by atoms with Gasteiger partial charge in [-0.3, -0.25) is 0 Å². The van der Waals surface area contributed by atoms with Gasteiger partial charge in [-0.25, -0.2) is 15.0 Å². The summed E-state index contributed by atoms with van der Waals surface area (Å²) in [6.45, 7) is 0. The van der Waals surface area contributed by atoms with E-state index in [0.717, 1.165) is 71.7 Å². The lowest BCUT2D eigenvalue weighted by Gasteiger charge is -2.11. The van der Waals surface area contributed by atoms with E-state index in [1.54, 1.807) is 0 Å². The minimum Gasteiger partial charge on any atom is -0.456 e. The number of benzene rings is 8. The van der Waals surface area contributed by atoms with E-state index in [4.69, 9.17) is 19.4 Å². The van der Waals surface area contributed by atoms with E-state index in [2.05, 4.69) is 158 Å². The summed E-state index contributed by atoms with van der Waals surface area (Å²) < 4.78 is 6.49. The quantitative estimate of drug-likeness (QED) is 0.176. The van der Waals surface area contributed by atoms with Gasteiger partial charge in [-0.1, -0.05) is 152 Å². The molecule has 8 aromatic carbocycles. The summed E-state index contributed by atoms with van der Waals surface area (Å²) in [4.78, 5) is 15.3. The maximum Gasteiger partial charge on any atom is 0.164 e. The van der Waals surface area contributed by atoms with Gasteiger partial charge in [0.15, 0.2) is 17.5 Å². The third kappa shape index (κ3) is 5.73. The highest BCUT2D eigenvalue weighted by atomic mass is 16.3. The number of fused-ring (bicyclic) bond motifs is 4. The lowest BCUT2D eigenvalue weighted by molar-refractivity contribution is 0.669. The molecule has 0 saturated carbocycles. The molecule has 0 N–H and O–H groups in total. The van der Waals surface area contributed by atoms with E-state index in [-0.39, 0.29) is 0 Å². The average molecular weight is 678 g/mol. The lowest BCUT2D eigenvalue weighted by Crippen LogP contribution is -2.00. The largest absolute Gasteiger partial charge is 0.456 e. The summed E-state index contributed by atoms with van der Waals surface area (Å²) in [6, 6.07) is 65.2. The molecule has 0 fully saturated rings. The maximum atomic E-state index is 6.49. The van der Waals surface area contributed by atoms with Gasteiger partial charge in [0, 0.05) is 27.5 Å². The molecule has 0 amide bonds. The Balaban J connectivity index is 1.12. The zero-order valence-corrected chi connectivity index (χ0v) is 28.6. The van der Waals surface area contributed by atoms with Gasteiger partial charge in [-0.15, -0.1) is 0 Å². The third-order valence-electron chi connectivity index (χ3n) is 9.91. The summed E-state index contributed by atoms with van der Waals surface area (Å²) >= 11 is 0. The Bertz CT molecular complexity index is 2940. The van der Waals surface area contributed by atoms with Crippen molar-refractivity contribution in [2.45, 2.75) is 0 Å². The maximum absolute atomic E-state index is 6.49. The van der Waals surface area contributed by atoms with Gasteiger partial charge in [-0.2, -0.15) is 0 Å². The molecule has 0 aliphatic carbocycles. The first-order valence-corrected chi connectivity index (χ1v) is 17.8. The molecule has 2 aromatic heterocycles. The number of hydrogen-bond donors (Lipinski definition) is 0. The van der Waals surface area contributed by atoms with Crippen LogP contribution >= 0.6 is 0 Å². The average Bonchev–Trinajstić information content (AvgIpc) is 3.62. The van der Waals surface area contributed by atoms with E-state index in [1.165, 1.54) is 11.1 Å². The number of rotatable bonds is 6. The van der Waals surface area contributed by atoms with Gasteiger partial charge in [0.2, 0.25) is 0 Å². The smallest absolute Gasteiger partial charge is 0.164 e. The molecule has 10 rings (SSSR count). The van der Waals surface area contributed by atoms with Crippen molar-refractivity contribution in [1.82, 2.24) is 15.0 Å². The second-order valence-electron chi connectivity index (χ2n) is 13.3. The molecule has 0 atom stereocenters. The van der Waals surface area contributed by atoms with Crippen molar-refractivity contribution in [2.24, 2.45) is 0 Å². The van der Waals surface area contributed by atoms with Gasteiger partial charge >= 0.3 is 0 Å². The number of aromatic nitrogens is 3. The lowest BCUT2D eigenvalue weighted by atomic mass is 9.99. The molecular weight excluding hydrogens is 647 g/mol. The van der Waals surface area contributed by atoms with Gasteiger partial charge in [-0.05, 0) is 80.6 Å². The SMILES string of the molecule is c1ccc(-c2cccc(-c3nc(-c4ccc5cc(-c6ccccc6)ccc5c4)nc(-c4ccc5c(c4)oc4cccc(-c6ccccc6)c45)n3)c2)cc1. The molecule has 0 aliphatic rings. The second kappa shape index (κ2) is 12.9. The molecular formula is C49H31N3O. The standard InChI is InChI=1S/C49H31N3O/c1-4-12-32(13-5-1)35-18-10-19-39(29-35)47-50-48(40-25-24-37-28-36(22-23-38(37)30-40)33-14-6-2-7-15-33)52-49(51-47)41-26-27-43-45(31-41)53-44-21-11-20-42(46(43)44)34-16-8-3-9-17-34/h1-31H. The Morgan fingerprint density at radius 3 is 1.43 bits per heavy atom. The molecule has 4 nitrogen and oxygen atoms in total. The number of hydrogen-bond acceptors (Lipinski definition) is 4. The number of furan rings is 1. The first-order chi connectivity index (χ1) is 26.2. The molecule has 0 bridgehead atoms. The zero-order chi connectivity index (χ0) is 35.1. The minimum absolute atomic E-state index is 0.584. The van der Waals surface area contributed by atoms with Crippen LogP contribution in [-0.2, 0) is 0 Å². The van der Waals surface area contributed by atoms with Crippen LogP contribution in [0.1, 0.15) is 0 Å². The van der Waals surface area contributed by atoms with Crippen molar-refractivity contribution in [3.05, 3.63) is 188 Å². The van der Waals surface area contributed by atoms with E-state index >= 15 is 0 Å². The predicted octanol–water partition coefficient (Wildman–Crippen LogP) is 12.9. The predicted molar refractivity (Wildman–Crippen MR) is 217 cm³/mol. The van der Waals surface area contributed by atoms with Gasteiger partial charge in [0.1, 0.15) is 11.2 Å². The van der Waals surface area contributed by atoms with E-state index in [0.29, 0.717) is 17.5 Å². The van der Waals surface area contributed by atoms with Crippen LogP contribution < -0.4 is 0 Å². The Morgan fingerprint density at radius 2 is 0.774 bits per heavy atom. The first-order valence-electron chi connectivity index (χ1n) is 17.8. The summed E-state index contributed by atoms with van der Waals surface area (Å²) in [5.41, 5.74) is 11.2. The summed E-state index contributed by atoms with van der Waals surface area (Å²) in [5, 5.41) is 4.43. The molecule has 248 valence electrons. The highest BCUT2D eigenvalue weighted by Crippen LogP contribution is 2.38. The summed E-state index contributed by atoms with van der Waals surface area (Å²) in [7, 11) is 0. The summed E-state index contributed by atoms with van der Waals surface area (Å²) in [6.07, 6.45) is 0. The molecule has 0 aliphatic heterocycles. The Labute approximate surface area is 306 Å². The van der Waals surface area contributed by atoms with Crippen LogP contribution in [0.4, 0.5) is 0 Å². The molecule has 10 aromatic rings. The van der Waals surface area contributed by atoms with E-state index in [9.17, 15) is 0 Å². The van der Waals surface area contributed by atoms with Crippen LogP contribution in [0.5, 0.6) is 0 Å². The van der Waals surface area contributed by atoms with Crippen LogP contribution in [0.25, 0.3) is 100 Å². The third-order valence-corrected chi connectivity index (χ3v) is 9.91. The molecule has 0 radical (unpaired) electrons. The Kier molecular flexibility index (Phi) is 7.43. The Hall–Kier alpha value is -7.17. The molecule has 0 unspecified atom stereocenters. The van der Waals surface area contributed by atoms with Crippen LogP contribution in [0.3, 0.4) is 0 Å². The van der Waals surface area contributed by atoms with Gasteiger partial charge in [0.05, 0.1) is 0 Å². The van der Waals surface area contributed by atoms with Crippen LogP contribution in [0, 0.1) is 0 Å². The fraction of sp³-hybridized carbons (Fsp3) is 0. The first kappa shape index (κ1) is 30.6. The molecule has 0 saturated heterocycles. The minimum atomic E-state index is 0.584. The van der Waals surface area contributed by atoms with Crippen molar-refractivity contribution >= 4 is 32.7 Å². The van der Waals surface area contributed by atoms with Crippen LogP contribution in [0.2, 0.25) is 0 Å². The normalized spacial score (nSPS) is 11.4. The fourth-order valence-corrected chi connectivity index (χ4v) is 7.25. The molecule has 0 spiro atoms. The van der Waals surface area contributed by atoms with E-state index < -0.39 is 0 Å². The monoisotopic (exact) mass is 677 g/mol. The highest BCUT2D eigenvalue weighted by Gasteiger charge is 2.17. The molecule has 53 heavy (non-hydrogen) atoms.